The van der Waals surface area contributed by atoms with Crippen LogP contribution in [0.4, 0.5) is 0 Å². The van der Waals surface area contributed by atoms with Gasteiger partial charge in [-0.25, -0.2) is 0 Å². The molecule has 0 saturated heterocycles. The fourth-order valence-electron chi connectivity index (χ4n) is 1.86. The van der Waals surface area contributed by atoms with Crippen LogP contribution >= 0.6 is 15.9 Å². The van der Waals surface area contributed by atoms with E-state index in [4.69, 9.17) is 4.74 Å². The maximum absolute atomic E-state index is 5.02. The third-order valence-electron chi connectivity index (χ3n) is 2.96. The summed E-state index contributed by atoms with van der Waals surface area (Å²) in [6, 6.07) is 12.1. The van der Waals surface area contributed by atoms with E-state index in [0.717, 1.165) is 16.6 Å². The van der Waals surface area contributed by atoms with E-state index in [1.807, 2.05) is 37.4 Å². The zero-order valence-electron chi connectivity index (χ0n) is 10.9. The van der Waals surface area contributed by atoms with Gasteiger partial charge >= 0.3 is 0 Å². The average Bonchev–Trinajstić information content (AvgIpc) is 2.47. The second kappa shape index (κ2) is 6.63. The second-order valence-electron chi connectivity index (χ2n) is 4.14. The Morgan fingerprint density at radius 3 is 2.58 bits per heavy atom. The highest BCUT2D eigenvalue weighted by Gasteiger charge is 2.13. The molecule has 0 radical (unpaired) electrons. The number of hydrogen-bond donors (Lipinski definition) is 1. The van der Waals surface area contributed by atoms with Gasteiger partial charge in [0.05, 0.1) is 18.8 Å². The van der Waals surface area contributed by atoms with Gasteiger partial charge in [-0.05, 0) is 31.2 Å². The van der Waals surface area contributed by atoms with Crippen LogP contribution in [0.2, 0.25) is 0 Å². The Labute approximate surface area is 121 Å². The molecule has 0 amide bonds. The molecule has 5 heteroatoms. The van der Waals surface area contributed by atoms with Crippen LogP contribution in [0, 0.1) is 0 Å². The molecule has 0 aliphatic heterocycles. The molecule has 2 rings (SSSR count). The molecule has 0 aliphatic carbocycles. The van der Waals surface area contributed by atoms with Crippen LogP contribution in [0.5, 0.6) is 5.88 Å². The van der Waals surface area contributed by atoms with Crippen LogP contribution in [0.3, 0.4) is 0 Å². The molecular weight excluding hydrogens is 306 g/mol. The van der Waals surface area contributed by atoms with E-state index >= 15 is 0 Å². The van der Waals surface area contributed by atoms with Crippen molar-refractivity contribution in [3.05, 3.63) is 52.1 Å². The highest BCUT2D eigenvalue weighted by molar-refractivity contribution is 9.10. The normalized spacial score (nSPS) is 12.2. The van der Waals surface area contributed by atoms with E-state index < -0.39 is 0 Å². The Kier molecular flexibility index (Phi) is 4.87. The summed E-state index contributed by atoms with van der Waals surface area (Å²) in [6.07, 6.45) is 0.846. The molecule has 1 aromatic carbocycles. The van der Waals surface area contributed by atoms with E-state index in [-0.39, 0.29) is 6.04 Å². The summed E-state index contributed by atoms with van der Waals surface area (Å²) in [5.74, 6) is 0.527. The van der Waals surface area contributed by atoms with Crippen molar-refractivity contribution >= 4 is 15.9 Å². The van der Waals surface area contributed by atoms with Crippen LogP contribution in [0.25, 0.3) is 0 Å². The number of likely N-dealkylation sites (N-methyl/N-ethyl adjacent to an activating group) is 1. The van der Waals surface area contributed by atoms with Crippen LogP contribution in [-0.2, 0) is 6.42 Å². The van der Waals surface area contributed by atoms with Gasteiger partial charge in [-0.15, -0.1) is 5.10 Å². The summed E-state index contributed by atoms with van der Waals surface area (Å²) < 4.78 is 6.13. The number of aromatic nitrogens is 2. The average molecular weight is 322 g/mol. The number of ether oxygens (including phenoxy) is 1. The van der Waals surface area contributed by atoms with Crippen LogP contribution in [-0.4, -0.2) is 24.4 Å². The smallest absolute Gasteiger partial charge is 0.233 e. The third-order valence-corrected chi connectivity index (χ3v) is 3.73. The molecule has 1 unspecified atom stereocenters. The molecule has 1 N–H and O–H groups in total. The van der Waals surface area contributed by atoms with Gasteiger partial charge in [0.1, 0.15) is 0 Å². The molecule has 1 heterocycles. The predicted molar refractivity (Wildman–Crippen MR) is 78.2 cm³/mol. The lowest BCUT2D eigenvalue weighted by atomic mass is 10.0. The zero-order valence-corrected chi connectivity index (χ0v) is 12.5. The first-order valence-electron chi connectivity index (χ1n) is 6.03. The minimum Gasteiger partial charge on any atom is -0.480 e. The van der Waals surface area contributed by atoms with Gasteiger partial charge in [0, 0.05) is 10.5 Å². The van der Waals surface area contributed by atoms with Gasteiger partial charge < -0.3 is 10.1 Å². The zero-order chi connectivity index (χ0) is 13.7. The molecule has 2 aromatic rings. The summed E-state index contributed by atoms with van der Waals surface area (Å²) in [6.45, 7) is 0. The number of methoxy groups -OCH3 is 1. The molecule has 1 atom stereocenters. The number of nitrogens with zero attached hydrogens (tertiary/aromatic N) is 2. The molecule has 4 nitrogen and oxygen atoms in total. The van der Waals surface area contributed by atoms with Crippen LogP contribution < -0.4 is 10.1 Å². The highest BCUT2D eigenvalue weighted by atomic mass is 79.9. The number of benzene rings is 1. The minimum absolute atomic E-state index is 0.122. The number of rotatable bonds is 5. The SMILES string of the molecule is CNC(Cc1ccccc1Br)c1ccc(OC)nn1. The van der Waals surface area contributed by atoms with Crippen molar-refractivity contribution in [2.75, 3.05) is 14.2 Å². The molecule has 100 valence electrons. The van der Waals surface area contributed by atoms with Gasteiger partial charge in [-0.2, -0.15) is 5.10 Å². The van der Waals surface area contributed by atoms with E-state index in [2.05, 4.69) is 37.5 Å². The lowest BCUT2D eigenvalue weighted by Crippen LogP contribution is -2.20. The standard InChI is InChI=1S/C14H16BrN3O/c1-16-13(9-10-5-3-4-6-11(10)15)12-7-8-14(19-2)18-17-12/h3-8,13,16H,9H2,1-2H3. The van der Waals surface area contributed by atoms with Gasteiger partial charge in [0.2, 0.25) is 5.88 Å². The van der Waals surface area contributed by atoms with Crippen molar-refractivity contribution in [1.29, 1.82) is 0 Å². The van der Waals surface area contributed by atoms with E-state index in [0.29, 0.717) is 5.88 Å². The summed E-state index contributed by atoms with van der Waals surface area (Å²) >= 11 is 3.57. The van der Waals surface area contributed by atoms with Crippen molar-refractivity contribution < 1.29 is 4.74 Å². The Bertz CT molecular complexity index is 530. The lowest BCUT2D eigenvalue weighted by molar-refractivity contribution is 0.389. The Balaban J connectivity index is 2.17. The quantitative estimate of drug-likeness (QED) is 0.919. The fraction of sp³-hybridized carbons (Fsp3) is 0.286. The summed E-state index contributed by atoms with van der Waals surface area (Å²) in [5.41, 5.74) is 2.14. The van der Waals surface area contributed by atoms with Crippen LogP contribution in [0.15, 0.2) is 40.9 Å². The lowest BCUT2D eigenvalue weighted by Gasteiger charge is -2.16. The fourth-order valence-corrected chi connectivity index (χ4v) is 2.31. The van der Waals surface area contributed by atoms with Crippen molar-refractivity contribution in [3.63, 3.8) is 0 Å². The van der Waals surface area contributed by atoms with E-state index in [1.54, 1.807) is 7.11 Å². The molecule has 0 fully saturated rings. The first kappa shape index (κ1) is 14.0. The molecule has 0 saturated carbocycles. The largest absolute Gasteiger partial charge is 0.480 e. The third kappa shape index (κ3) is 3.52. The molecule has 0 spiro atoms. The summed E-state index contributed by atoms with van der Waals surface area (Å²) in [7, 11) is 3.51. The van der Waals surface area contributed by atoms with Gasteiger partial charge in [0.15, 0.2) is 0 Å². The maximum Gasteiger partial charge on any atom is 0.233 e. The van der Waals surface area contributed by atoms with E-state index in [1.165, 1.54) is 5.56 Å². The Morgan fingerprint density at radius 1 is 1.21 bits per heavy atom. The number of nitrogens with one attached hydrogen (secondary N) is 1. The van der Waals surface area contributed by atoms with Crippen molar-refractivity contribution in [3.8, 4) is 5.88 Å². The number of hydrogen-bond acceptors (Lipinski definition) is 4. The van der Waals surface area contributed by atoms with E-state index in [9.17, 15) is 0 Å². The van der Waals surface area contributed by atoms with Crippen molar-refractivity contribution in [1.82, 2.24) is 15.5 Å². The number of halogens is 1. The molecule has 0 aliphatic rings. The predicted octanol–water partition coefficient (Wildman–Crippen LogP) is 2.75. The first-order valence-corrected chi connectivity index (χ1v) is 6.82. The maximum atomic E-state index is 5.02. The summed E-state index contributed by atoms with van der Waals surface area (Å²) in [4.78, 5) is 0. The second-order valence-corrected chi connectivity index (χ2v) is 4.99. The molecule has 1 aromatic heterocycles. The van der Waals surface area contributed by atoms with Gasteiger partial charge in [-0.1, -0.05) is 34.1 Å². The minimum atomic E-state index is 0.122. The monoisotopic (exact) mass is 321 g/mol. The first-order chi connectivity index (χ1) is 9.24. The topological polar surface area (TPSA) is 47.0 Å². The molecule has 0 bridgehead atoms. The Morgan fingerprint density at radius 2 is 2.00 bits per heavy atom. The van der Waals surface area contributed by atoms with Gasteiger partial charge in [-0.3, -0.25) is 0 Å². The van der Waals surface area contributed by atoms with Gasteiger partial charge in [0.25, 0.3) is 0 Å². The molecule has 19 heavy (non-hydrogen) atoms. The van der Waals surface area contributed by atoms with Crippen LogP contribution in [0.1, 0.15) is 17.3 Å². The van der Waals surface area contributed by atoms with Crippen molar-refractivity contribution in [2.24, 2.45) is 0 Å². The summed E-state index contributed by atoms with van der Waals surface area (Å²) in [5, 5.41) is 11.5. The Hall–Kier alpha value is -1.46. The van der Waals surface area contributed by atoms with Crippen molar-refractivity contribution in [2.45, 2.75) is 12.5 Å². The molecular formula is C14H16BrN3O. The highest BCUT2D eigenvalue weighted by Crippen LogP contribution is 2.22.